The average Bonchev–Trinajstić information content (AvgIpc) is 3.08. The summed E-state index contributed by atoms with van der Waals surface area (Å²) < 4.78 is 0. The smallest absolute Gasteiger partial charge is 0.0457 e. The van der Waals surface area contributed by atoms with Gasteiger partial charge in [-0.25, -0.2) is 0 Å². The molecule has 1 aliphatic rings. The molecule has 0 bridgehead atoms. The first-order valence-electron chi connectivity index (χ1n) is 7.23. The molecule has 100 valence electrons. The number of hydrogen-bond donors (Lipinski definition) is 2. The molecule has 2 atom stereocenters. The summed E-state index contributed by atoms with van der Waals surface area (Å²) in [6.45, 7) is 0.732. The zero-order chi connectivity index (χ0) is 13.5. The molecule has 2 heteroatoms. The summed E-state index contributed by atoms with van der Waals surface area (Å²) in [4.78, 5) is 3.40. The monoisotopic (exact) mass is 262 g/mol. The number of hydrogen-bond acceptors (Lipinski definition) is 1. The highest BCUT2D eigenvalue weighted by molar-refractivity contribution is 5.84. The Kier molecular flexibility index (Phi) is 2.64. The summed E-state index contributed by atoms with van der Waals surface area (Å²) in [7, 11) is 0. The second-order valence-corrected chi connectivity index (χ2v) is 5.64. The van der Waals surface area contributed by atoms with Crippen molar-refractivity contribution in [3.8, 4) is 0 Å². The van der Waals surface area contributed by atoms with Gasteiger partial charge in [0.05, 0.1) is 0 Å². The molecule has 2 aromatic carbocycles. The zero-order valence-electron chi connectivity index (χ0n) is 11.3. The van der Waals surface area contributed by atoms with Gasteiger partial charge < -0.3 is 10.7 Å². The van der Waals surface area contributed by atoms with Crippen LogP contribution in [0.3, 0.4) is 0 Å². The number of nitrogens with one attached hydrogen (secondary N) is 1. The molecule has 1 aliphatic carbocycles. The molecule has 0 amide bonds. The van der Waals surface area contributed by atoms with Gasteiger partial charge in [-0.15, -0.1) is 0 Å². The third-order valence-corrected chi connectivity index (χ3v) is 4.61. The van der Waals surface area contributed by atoms with Gasteiger partial charge in [-0.3, -0.25) is 0 Å². The van der Waals surface area contributed by atoms with Crippen LogP contribution in [0.25, 0.3) is 10.9 Å². The minimum absolute atomic E-state index is 0.468. The Morgan fingerprint density at radius 1 is 0.950 bits per heavy atom. The lowest BCUT2D eigenvalue weighted by Gasteiger charge is -2.11. The van der Waals surface area contributed by atoms with Gasteiger partial charge in [0.15, 0.2) is 0 Å². The third-order valence-electron chi connectivity index (χ3n) is 4.61. The van der Waals surface area contributed by atoms with Gasteiger partial charge in [0, 0.05) is 23.0 Å². The van der Waals surface area contributed by atoms with Crippen molar-refractivity contribution in [1.82, 2.24) is 4.98 Å². The van der Waals surface area contributed by atoms with Crippen LogP contribution >= 0.6 is 0 Å². The second-order valence-electron chi connectivity index (χ2n) is 5.64. The average molecular weight is 262 g/mol. The number of nitrogens with two attached hydrogens (primary N) is 1. The third kappa shape index (κ3) is 1.61. The molecular weight excluding hydrogens is 244 g/mol. The first-order chi connectivity index (χ1) is 9.88. The molecule has 0 fully saturated rings. The Bertz CT molecular complexity index is 757. The summed E-state index contributed by atoms with van der Waals surface area (Å²) in [5.41, 5.74) is 11.5. The fourth-order valence-electron chi connectivity index (χ4n) is 3.64. The lowest BCUT2D eigenvalue weighted by Crippen LogP contribution is -2.09. The van der Waals surface area contributed by atoms with E-state index in [4.69, 9.17) is 5.73 Å². The first-order valence-corrected chi connectivity index (χ1v) is 7.23. The molecule has 0 saturated heterocycles. The van der Waals surface area contributed by atoms with Crippen molar-refractivity contribution in [2.45, 2.75) is 18.3 Å². The molecule has 0 aliphatic heterocycles. The number of fused-ring (bicyclic) bond motifs is 2. The van der Waals surface area contributed by atoms with Crippen molar-refractivity contribution in [3.63, 3.8) is 0 Å². The molecule has 1 aromatic heterocycles. The topological polar surface area (TPSA) is 41.8 Å². The number of rotatable bonds is 2. The van der Waals surface area contributed by atoms with Crippen molar-refractivity contribution in [3.05, 3.63) is 71.4 Å². The minimum Gasteiger partial charge on any atom is -0.361 e. The Hall–Kier alpha value is -2.06. The SMILES string of the molecule is NC[C@@H]1C[C@@H](c2c[nH]c3ccccc23)c2ccccc21. The highest BCUT2D eigenvalue weighted by Crippen LogP contribution is 2.46. The maximum atomic E-state index is 5.97. The van der Waals surface area contributed by atoms with E-state index in [9.17, 15) is 0 Å². The normalized spacial score (nSPS) is 21.2. The molecular formula is C18H18N2. The van der Waals surface area contributed by atoms with Gasteiger partial charge >= 0.3 is 0 Å². The Labute approximate surface area is 118 Å². The quantitative estimate of drug-likeness (QED) is 0.725. The molecule has 1 heterocycles. The molecule has 0 unspecified atom stereocenters. The Morgan fingerprint density at radius 3 is 2.55 bits per heavy atom. The molecule has 4 rings (SSSR count). The molecule has 0 radical (unpaired) electrons. The van der Waals surface area contributed by atoms with Gasteiger partial charge in [-0.2, -0.15) is 0 Å². The Morgan fingerprint density at radius 2 is 1.70 bits per heavy atom. The second kappa shape index (κ2) is 4.50. The summed E-state index contributed by atoms with van der Waals surface area (Å²) in [5.74, 6) is 0.959. The summed E-state index contributed by atoms with van der Waals surface area (Å²) in [6, 6.07) is 17.3. The van der Waals surface area contributed by atoms with E-state index < -0.39 is 0 Å². The lowest BCUT2D eigenvalue weighted by atomic mass is 9.92. The molecule has 2 nitrogen and oxygen atoms in total. The van der Waals surface area contributed by atoms with Crippen LogP contribution in [0.5, 0.6) is 0 Å². The maximum absolute atomic E-state index is 5.97. The van der Waals surface area contributed by atoms with E-state index in [0.717, 1.165) is 13.0 Å². The van der Waals surface area contributed by atoms with Gasteiger partial charge in [-0.05, 0) is 41.6 Å². The number of para-hydroxylation sites is 1. The summed E-state index contributed by atoms with van der Waals surface area (Å²) >= 11 is 0. The molecule has 20 heavy (non-hydrogen) atoms. The van der Waals surface area contributed by atoms with Gasteiger partial charge in [0.25, 0.3) is 0 Å². The van der Waals surface area contributed by atoms with Crippen LogP contribution in [0.1, 0.15) is 34.9 Å². The number of H-pyrrole nitrogens is 1. The first kappa shape index (κ1) is 11.7. The van der Waals surface area contributed by atoms with Gasteiger partial charge in [0.2, 0.25) is 0 Å². The van der Waals surface area contributed by atoms with Crippen molar-refractivity contribution >= 4 is 10.9 Å². The van der Waals surface area contributed by atoms with Crippen molar-refractivity contribution in [2.75, 3.05) is 6.54 Å². The van der Waals surface area contributed by atoms with Crippen LogP contribution in [0.2, 0.25) is 0 Å². The van der Waals surface area contributed by atoms with Crippen LogP contribution in [0, 0.1) is 0 Å². The molecule has 3 aromatic rings. The Balaban J connectivity index is 1.88. The van der Waals surface area contributed by atoms with Crippen molar-refractivity contribution in [2.24, 2.45) is 5.73 Å². The number of aromatic amines is 1. The van der Waals surface area contributed by atoms with E-state index in [-0.39, 0.29) is 0 Å². The summed E-state index contributed by atoms with van der Waals surface area (Å²) in [6.07, 6.45) is 3.29. The van der Waals surface area contributed by atoms with Crippen LogP contribution in [0.4, 0.5) is 0 Å². The van der Waals surface area contributed by atoms with E-state index in [1.54, 1.807) is 0 Å². The fraction of sp³-hybridized carbons (Fsp3) is 0.222. The van der Waals surface area contributed by atoms with Gasteiger partial charge in [-0.1, -0.05) is 42.5 Å². The van der Waals surface area contributed by atoms with E-state index in [1.165, 1.54) is 27.6 Å². The van der Waals surface area contributed by atoms with Crippen LogP contribution in [0.15, 0.2) is 54.7 Å². The number of aromatic nitrogens is 1. The zero-order valence-corrected chi connectivity index (χ0v) is 11.3. The predicted molar refractivity (Wildman–Crippen MR) is 83.0 cm³/mol. The standard InChI is InChI=1S/C18H18N2/c19-10-12-9-16(14-6-2-1-5-13(12)14)17-11-20-18-8-4-3-7-15(17)18/h1-8,11-12,16,20H,9-10,19H2/t12-,16+/m0/s1. The van der Waals surface area contributed by atoms with E-state index in [2.05, 4.69) is 59.7 Å². The van der Waals surface area contributed by atoms with E-state index in [1.807, 2.05) is 0 Å². The maximum Gasteiger partial charge on any atom is 0.0457 e. The molecule has 0 spiro atoms. The van der Waals surface area contributed by atoms with Gasteiger partial charge in [0.1, 0.15) is 0 Å². The highest BCUT2D eigenvalue weighted by Gasteiger charge is 2.31. The van der Waals surface area contributed by atoms with E-state index >= 15 is 0 Å². The highest BCUT2D eigenvalue weighted by atomic mass is 14.7. The largest absolute Gasteiger partial charge is 0.361 e. The van der Waals surface area contributed by atoms with Crippen molar-refractivity contribution < 1.29 is 0 Å². The fourth-order valence-corrected chi connectivity index (χ4v) is 3.64. The minimum atomic E-state index is 0.468. The van der Waals surface area contributed by atoms with E-state index in [0.29, 0.717) is 11.8 Å². The van der Waals surface area contributed by atoms with Crippen LogP contribution in [-0.4, -0.2) is 11.5 Å². The number of benzene rings is 2. The molecule has 0 saturated carbocycles. The van der Waals surface area contributed by atoms with Crippen LogP contribution < -0.4 is 5.73 Å². The molecule has 3 N–H and O–H groups in total. The van der Waals surface area contributed by atoms with Crippen LogP contribution in [-0.2, 0) is 0 Å². The predicted octanol–water partition coefficient (Wildman–Crippen LogP) is 3.75. The lowest BCUT2D eigenvalue weighted by molar-refractivity contribution is 0.647. The summed E-state index contributed by atoms with van der Waals surface area (Å²) in [5, 5.41) is 1.34. The van der Waals surface area contributed by atoms with Crippen molar-refractivity contribution in [1.29, 1.82) is 0 Å².